The number of nitrogens with zero attached hydrogens (tertiary/aromatic N) is 1. The number of amides is 2. The van der Waals surface area contributed by atoms with Gasteiger partial charge in [-0.1, -0.05) is 30.3 Å². The molecule has 2 aliphatic heterocycles. The fourth-order valence-electron chi connectivity index (χ4n) is 3.73. The fraction of sp³-hybridized carbons (Fsp3) is 0.333. The summed E-state index contributed by atoms with van der Waals surface area (Å²) in [7, 11) is 1.64. The van der Waals surface area contributed by atoms with Crippen LogP contribution in [0, 0.1) is 0 Å². The largest absolute Gasteiger partial charge is 0.496 e. The fourth-order valence-corrected chi connectivity index (χ4v) is 4.83. The number of piperazine rings is 1. The highest BCUT2D eigenvalue weighted by molar-refractivity contribution is 8.01. The Bertz CT molecular complexity index is 895. The third kappa shape index (κ3) is 4.52. The number of methoxy groups -OCH3 is 1. The SMILES string of the molecule is COc1ccccc1C1CNCCN1C(=O)CC1Sc2ccccc2NC1=O.Cl. The molecular weight excluding hydrogens is 410 g/mol. The Morgan fingerprint density at radius 3 is 2.79 bits per heavy atom. The predicted molar refractivity (Wildman–Crippen MR) is 117 cm³/mol. The lowest BCUT2D eigenvalue weighted by Crippen LogP contribution is -2.49. The zero-order chi connectivity index (χ0) is 19.5. The van der Waals surface area contributed by atoms with E-state index in [-0.39, 0.29) is 36.7 Å². The molecule has 2 aliphatic rings. The number of benzene rings is 2. The van der Waals surface area contributed by atoms with Gasteiger partial charge in [-0.05, 0) is 18.2 Å². The van der Waals surface area contributed by atoms with Gasteiger partial charge >= 0.3 is 0 Å². The monoisotopic (exact) mass is 433 g/mol. The standard InChI is InChI=1S/C21H23N3O3S.ClH/c1-27-17-8-4-2-6-14(17)16-13-22-10-11-24(16)20(25)12-19-21(26)23-15-7-3-5-9-18(15)28-19;/h2-9,16,19,22H,10-13H2,1H3,(H,23,26);1H. The van der Waals surface area contributed by atoms with Gasteiger partial charge in [0.25, 0.3) is 0 Å². The van der Waals surface area contributed by atoms with E-state index in [4.69, 9.17) is 4.74 Å². The van der Waals surface area contributed by atoms with Crippen LogP contribution in [0.4, 0.5) is 5.69 Å². The summed E-state index contributed by atoms with van der Waals surface area (Å²) in [4.78, 5) is 28.5. The lowest BCUT2D eigenvalue weighted by molar-refractivity contribution is -0.135. The van der Waals surface area contributed by atoms with Crippen LogP contribution in [0.25, 0.3) is 0 Å². The molecule has 1 saturated heterocycles. The number of carbonyl (C=O) groups excluding carboxylic acids is 2. The van der Waals surface area contributed by atoms with Crippen molar-refractivity contribution in [2.75, 3.05) is 32.1 Å². The van der Waals surface area contributed by atoms with Gasteiger partial charge in [-0.2, -0.15) is 0 Å². The molecule has 0 radical (unpaired) electrons. The van der Waals surface area contributed by atoms with Crippen LogP contribution in [0.15, 0.2) is 53.4 Å². The summed E-state index contributed by atoms with van der Waals surface area (Å²) in [5.41, 5.74) is 1.80. The number of rotatable bonds is 4. The molecule has 0 aliphatic carbocycles. The van der Waals surface area contributed by atoms with Gasteiger partial charge in [0.2, 0.25) is 11.8 Å². The van der Waals surface area contributed by atoms with Gasteiger partial charge in [0, 0.05) is 36.5 Å². The van der Waals surface area contributed by atoms with Crippen molar-refractivity contribution < 1.29 is 14.3 Å². The number of ether oxygens (including phenoxy) is 1. The van der Waals surface area contributed by atoms with Crippen LogP contribution in [-0.2, 0) is 9.59 Å². The third-order valence-electron chi connectivity index (χ3n) is 5.13. The molecular formula is C21H24ClN3O3S. The number of hydrogen-bond donors (Lipinski definition) is 2. The smallest absolute Gasteiger partial charge is 0.238 e. The van der Waals surface area contributed by atoms with E-state index >= 15 is 0 Å². The van der Waals surface area contributed by atoms with Crippen LogP contribution in [0.3, 0.4) is 0 Å². The Hall–Kier alpha value is -2.22. The molecule has 2 aromatic rings. The van der Waals surface area contributed by atoms with E-state index in [1.54, 1.807) is 7.11 Å². The average Bonchev–Trinajstić information content (AvgIpc) is 2.74. The molecule has 2 atom stereocenters. The lowest BCUT2D eigenvalue weighted by Gasteiger charge is -2.38. The van der Waals surface area contributed by atoms with Crippen molar-refractivity contribution in [2.45, 2.75) is 22.6 Å². The summed E-state index contributed by atoms with van der Waals surface area (Å²) in [5.74, 6) is 0.651. The van der Waals surface area contributed by atoms with Crippen LogP contribution in [0.2, 0.25) is 0 Å². The molecule has 29 heavy (non-hydrogen) atoms. The number of para-hydroxylation sites is 2. The summed E-state index contributed by atoms with van der Waals surface area (Å²) in [6, 6.07) is 15.4. The number of carbonyl (C=O) groups is 2. The Labute approximate surface area is 180 Å². The van der Waals surface area contributed by atoms with Crippen molar-refractivity contribution in [1.29, 1.82) is 0 Å². The molecule has 0 spiro atoms. The highest BCUT2D eigenvalue weighted by Crippen LogP contribution is 2.38. The maximum Gasteiger partial charge on any atom is 0.238 e. The number of thioether (sulfide) groups is 1. The van der Waals surface area contributed by atoms with Gasteiger partial charge in [-0.15, -0.1) is 24.2 Å². The van der Waals surface area contributed by atoms with Gasteiger partial charge in [0.05, 0.1) is 24.1 Å². The highest BCUT2D eigenvalue weighted by Gasteiger charge is 2.34. The number of halogens is 1. The molecule has 1 fully saturated rings. The quantitative estimate of drug-likeness (QED) is 0.775. The molecule has 4 rings (SSSR count). The van der Waals surface area contributed by atoms with E-state index in [0.717, 1.165) is 28.4 Å². The first kappa shape index (κ1) is 21.5. The topological polar surface area (TPSA) is 70.7 Å². The maximum absolute atomic E-state index is 13.2. The van der Waals surface area contributed by atoms with Crippen molar-refractivity contribution in [3.63, 3.8) is 0 Å². The van der Waals surface area contributed by atoms with Crippen LogP contribution in [0.5, 0.6) is 5.75 Å². The molecule has 2 N–H and O–H groups in total. The average molecular weight is 434 g/mol. The summed E-state index contributed by atoms with van der Waals surface area (Å²) >= 11 is 1.46. The first-order valence-corrected chi connectivity index (χ1v) is 10.2. The number of hydrogen-bond acceptors (Lipinski definition) is 5. The second kappa shape index (κ2) is 9.52. The van der Waals surface area contributed by atoms with E-state index in [2.05, 4.69) is 10.6 Å². The second-order valence-electron chi connectivity index (χ2n) is 6.85. The van der Waals surface area contributed by atoms with Gasteiger partial charge < -0.3 is 20.3 Å². The minimum absolute atomic E-state index is 0. The molecule has 2 heterocycles. The van der Waals surface area contributed by atoms with Gasteiger partial charge in [0.1, 0.15) is 5.75 Å². The summed E-state index contributed by atoms with van der Waals surface area (Å²) in [6.45, 7) is 2.01. The second-order valence-corrected chi connectivity index (χ2v) is 8.09. The first-order valence-electron chi connectivity index (χ1n) is 9.37. The van der Waals surface area contributed by atoms with Crippen molar-refractivity contribution in [1.82, 2.24) is 10.2 Å². The third-order valence-corrected chi connectivity index (χ3v) is 6.40. The van der Waals surface area contributed by atoms with Gasteiger partial charge in [-0.3, -0.25) is 9.59 Å². The van der Waals surface area contributed by atoms with E-state index in [0.29, 0.717) is 13.1 Å². The first-order chi connectivity index (χ1) is 13.7. The van der Waals surface area contributed by atoms with Crippen LogP contribution >= 0.6 is 24.2 Å². The number of anilines is 1. The van der Waals surface area contributed by atoms with Crippen molar-refractivity contribution in [3.05, 3.63) is 54.1 Å². The Morgan fingerprint density at radius 2 is 1.97 bits per heavy atom. The summed E-state index contributed by atoms with van der Waals surface area (Å²) in [6.07, 6.45) is 0.177. The Kier molecular flexibility index (Phi) is 7.05. The Balaban J connectivity index is 0.00000240. The van der Waals surface area contributed by atoms with E-state index in [9.17, 15) is 9.59 Å². The lowest BCUT2D eigenvalue weighted by atomic mass is 10.0. The number of fused-ring (bicyclic) bond motifs is 1. The normalized spacial score (nSPS) is 20.9. The van der Waals surface area contributed by atoms with Crippen LogP contribution in [-0.4, -0.2) is 48.7 Å². The zero-order valence-corrected chi connectivity index (χ0v) is 17.7. The molecule has 154 valence electrons. The molecule has 0 saturated carbocycles. The molecule has 0 bridgehead atoms. The molecule has 2 aromatic carbocycles. The van der Waals surface area contributed by atoms with Crippen molar-refractivity contribution in [2.24, 2.45) is 0 Å². The predicted octanol–water partition coefficient (Wildman–Crippen LogP) is 3.09. The van der Waals surface area contributed by atoms with E-state index < -0.39 is 5.25 Å². The molecule has 6 nitrogen and oxygen atoms in total. The molecule has 0 aromatic heterocycles. The van der Waals surface area contributed by atoms with Crippen LogP contribution < -0.4 is 15.4 Å². The van der Waals surface area contributed by atoms with Crippen LogP contribution in [0.1, 0.15) is 18.0 Å². The van der Waals surface area contributed by atoms with Crippen molar-refractivity contribution in [3.8, 4) is 5.75 Å². The minimum atomic E-state index is -0.421. The minimum Gasteiger partial charge on any atom is -0.496 e. The Morgan fingerprint density at radius 1 is 1.21 bits per heavy atom. The molecule has 2 amide bonds. The summed E-state index contributed by atoms with van der Waals surface area (Å²) in [5, 5.41) is 5.86. The van der Waals surface area contributed by atoms with Gasteiger partial charge in [-0.25, -0.2) is 0 Å². The molecule has 8 heteroatoms. The van der Waals surface area contributed by atoms with Crippen molar-refractivity contribution >= 4 is 41.7 Å². The highest BCUT2D eigenvalue weighted by atomic mass is 35.5. The maximum atomic E-state index is 13.2. The number of nitrogens with one attached hydrogen (secondary N) is 2. The summed E-state index contributed by atoms with van der Waals surface area (Å²) < 4.78 is 5.50. The zero-order valence-electron chi connectivity index (χ0n) is 16.1. The molecule has 2 unspecified atom stereocenters. The van der Waals surface area contributed by atoms with E-state index in [1.165, 1.54) is 11.8 Å². The van der Waals surface area contributed by atoms with Gasteiger partial charge in [0.15, 0.2) is 0 Å². The van der Waals surface area contributed by atoms with E-state index in [1.807, 2.05) is 53.4 Å².